The molecule has 0 amide bonds. The molecule has 0 fully saturated rings. The molecule has 0 bridgehead atoms. The molecular formula is C12H13ClO4. The molecule has 0 aromatic heterocycles. The molecule has 1 aromatic carbocycles. The first-order valence-corrected chi connectivity index (χ1v) is 5.81. The van der Waals surface area contributed by atoms with Crippen LogP contribution in [0.4, 0.5) is 0 Å². The summed E-state index contributed by atoms with van der Waals surface area (Å²) in [4.78, 5) is 11.5. The smallest absolute Gasteiger partial charge is 0.183 e. The third kappa shape index (κ3) is 2.23. The number of carbonyl (C=O) groups excluding carboxylic acids is 1. The largest absolute Gasteiger partial charge is 0.486 e. The predicted molar refractivity (Wildman–Crippen MR) is 62.7 cm³/mol. The number of aliphatic hydroxyl groups is 1. The van der Waals surface area contributed by atoms with Crippen LogP contribution in [0.2, 0.25) is 0 Å². The molecule has 0 saturated heterocycles. The Balaban J connectivity index is 2.36. The molecule has 1 aliphatic rings. The van der Waals surface area contributed by atoms with E-state index in [-0.39, 0.29) is 5.88 Å². The fourth-order valence-electron chi connectivity index (χ4n) is 1.64. The average molecular weight is 257 g/mol. The van der Waals surface area contributed by atoms with Crippen molar-refractivity contribution in [3.05, 3.63) is 23.8 Å². The first kappa shape index (κ1) is 12.2. The van der Waals surface area contributed by atoms with Crippen molar-refractivity contribution >= 4 is 17.4 Å². The van der Waals surface area contributed by atoms with Crippen LogP contribution in [-0.2, 0) is 10.4 Å². The van der Waals surface area contributed by atoms with Crippen LogP contribution in [-0.4, -0.2) is 30.0 Å². The van der Waals surface area contributed by atoms with Crippen LogP contribution in [0.1, 0.15) is 12.5 Å². The van der Waals surface area contributed by atoms with Crippen molar-refractivity contribution in [3.8, 4) is 11.5 Å². The molecule has 1 N–H and O–H groups in total. The Kier molecular flexibility index (Phi) is 3.26. The summed E-state index contributed by atoms with van der Waals surface area (Å²) in [6, 6.07) is 4.93. The number of hydrogen-bond acceptors (Lipinski definition) is 4. The van der Waals surface area contributed by atoms with Crippen molar-refractivity contribution in [3.63, 3.8) is 0 Å². The van der Waals surface area contributed by atoms with Gasteiger partial charge in [0.1, 0.15) is 18.8 Å². The van der Waals surface area contributed by atoms with Crippen LogP contribution in [0, 0.1) is 0 Å². The molecule has 1 unspecified atom stereocenters. The van der Waals surface area contributed by atoms with Gasteiger partial charge in [-0.2, -0.15) is 0 Å². The van der Waals surface area contributed by atoms with Gasteiger partial charge in [0.25, 0.3) is 0 Å². The Morgan fingerprint density at radius 1 is 1.41 bits per heavy atom. The highest BCUT2D eigenvalue weighted by Crippen LogP contribution is 2.34. The number of rotatable bonds is 3. The van der Waals surface area contributed by atoms with Crippen LogP contribution in [0.5, 0.6) is 11.5 Å². The van der Waals surface area contributed by atoms with Crippen LogP contribution >= 0.6 is 11.6 Å². The van der Waals surface area contributed by atoms with E-state index >= 15 is 0 Å². The lowest BCUT2D eigenvalue weighted by atomic mass is 9.92. The SMILES string of the molecule is CC(O)(C(=O)CCl)c1ccc2c(c1)OCCO2. The van der Waals surface area contributed by atoms with Gasteiger partial charge >= 0.3 is 0 Å². The minimum absolute atomic E-state index is 0.235. The number of benzene rings is 1. The van der Waals surface area contributed by atoms with Crippen molar-refractivity contribution in [2.75, 3.05) is 19.1 Å². The van der Waals surface area contributed by atoms with E-state index in [1.807, 2.05) is 0 Å². The van der Waals surface area contributed by atoms with Crippen molar-refractivity contribution in [1.29, 1.82) is 0 Å². The summed E-state index contributed by atoms with van der Waals surface area (Å²) in [5, 5.41) is 10.1. The van der Waals surface area contributed by atoms with Crippen molar-refractivity contribution in [1.82, 2.24) is 0 Å². The lowest BCUT2D eigenvalue weighted by molar-refractivity contribution is -0.133. The molecule has 1 atom stereocenters. The molecule has 92 valence electrons. The number of hydrogen-bond donors (Lipinski definition) is 1. The summed E-state index contributed by atoms with van der Waals surface area (Å²) in [5.74, 6) is 0.475. The van der Waals surface area contributed by atoms with Gasteiger partial charge < -0.3 is 14.6 Å². The third-order valence-corrected chi connectivity index (χ3v) is 3.01. The highest BCUT2D eigenvalue weighted by atomic mass is 35.5. The Hall–Kier alpha value is -1.26. The van der Waals surface area contributed by atoms with Crippen molar-refractivity contribution < 1.29 is 19.4 Å². The molecule has 0 radical (unpaired) electrons. The number of fused-ring (bicyclic) bond motifs is 1. The second kappa shape index (κ2) is 4.55. The molecule has 0 aliphatic carbocycles. The highest BCUT2D eigenvalue weighted by Gasteiger charge is 2.32. The van der Waals surface area contributed by atoms with E-state index in [0.29, 0.717) is 30.3 Å². The van der Waals surface area contributed by atoms with Gasteiger partial charge in [-0.1, -0.05) is 6.07 Å². The van der Waals surface area contributed by atoms with Crippen molar-refractivity contribution in [2.45, 2.75) is 12.5 Å². The number of carbonyl (C=O) groups is 1. The highest BCUT2D eigenvalue weighted by molar-refractivity contribution is 6.28. The zero-order valence-electron chi connectivity index (χ0n) is 9.40. The first-order chi connectivity index (χ1) is 8.05. The van der Waals surface area contributed by atoms with Crippen LogP contribution < -0.4 is 9.47 Å². The molecule has 4 nitrogen and oxygen atoms in total. The first-order valence-electron chi connectivity index (χ1n) is 5.27. The Labute approximate surface area is 104 Å². The van der Waals surface area contributed by atoms with E-state index in [4.69, 9.17) is 21.1 Å². The maximum Gasteiger partial charge on any atom is 0.183 e. The maximum atomic E-state index is 11.5. The monoisotopic (exact) mass is 256 g/mol. The fraction of sp³-hybridized carbons (Fsp3) is 0.417. The Morgan fingerprint density at radius 2 is 2.06 bits per heavy atom. The number of halogens is 1. The van der Waals surface area contributed by atoms with E-state index < -0.39 is 11.4 Å². The number of ether oxygens (including phenoxy) is 2. The van der Waals surface area contributed by atoms with Crippen LogP contribution in [0.15, 0.2) is 18.2 Å². The molecule has 17 heavy (non-hydrogen) atoms. The van der Waals surface area contributed by atoms with Gasteiger partial charge in [0.05, 0.1) is 5.88 Å². The van der Waals surface area contributed by atoms with Gasteiger partial charge in [-0.05, 0) is 24.6 Å². The summed E-state index contributed by atoms with van der Waals surface area (Å²) in [7, 11) is 0. The third-order valence-electron chi connectivity index (χ3n) is 2.77. The van der Waals surface area contributed by atoms with Gasteiger partial charge in [-0.25, -0.2) is 0 Å². The summed E-state index contributed by atoms with van der Waals surface area (Å²) < 4.78 is 10.8. The van der Waals surface area contributed by atoms with Crippen molar-refractivity contribution in [2.24, 2.45) is 0 Å². The minimum Gasteiger partial charge on any atom is -0.486 e. The van der Waals surface area contributed by atoms with E-state index in [9.17, 15) is 9.90 Å². The Morgan fingerprint density at radius 3 is 2.71 bits per heavy atom. The topological polar surface area (TPSA) is 55.8 Å². The molecule has 2 rings (SSSR count). The van der Waals surface area contributed by atoms with E-state index in [1.165, 1.54) is 6.92 Å². The second-order valence-electron chi connectivity index (χ2n) is 3.99. The summed E-state index contributed by atoms with van der Waals surface area (Å²) in [6.45, 7) is 2.38. The predicted octanol–water partition coefficient (Wildman–Crippen LogP) is 1.47. The number of ketones is 1. The molecule has 1 aliphatic heterocycles. The standard InChI is InChI=1S/C12H13ClO4/c1-12(15,11(14)7-13)8-2-3-9-10(6-8)17-5-4-16-9/h2-3,6,15H,4-5,7H2,1H3. The maximum absolute atomic E-state index is 11.5. The molecule has 1 aromatic rings. The van der Waals surface area contributed by atoms with Gasteiger partial charge in [0, 0.05) is 0 Å². The van der Waals surface area contributed by atoms with Gasteiger partial charge in [0.15, 0.2) is 17.3 Å². The average Bonchev–Trinajstić information content (AvgIpc) is 2.37. The lowest BCUT2D eigenvalue weighted by Gasteiger charge is -2.24. The Bertz CT molecular complexity index is 442. The summed E-state index contributed by atoms with van der Waals surface area (Å²) in [6.07, 6.45) is 0. The second-order valence-corrected chi connectivity index (χ2v) is 4.25. The quantitative estimate of drug-likeness (QED) is 0.833. The van der Waals surface area contributed by atoms with Crippen LogP contribution in [0.25, 0.3) is 0 Å². The minimum atomic E-state index is -1.60. The number of Topliss-reactive ketones (excluding diaryl/α,β-unsaturated/α-hetero) is 1. The normalized spacial score (nSPS) is 17.4. The molecule has 5 heteroatoms. The fourth-order valence-corrected chi connectivity index (χ4v) is 1.90. The van der Waals surface area contributed by atoms with E-state index in [2.05, 4.69) is 0 Å². The lowest BCUT2D eigenvalue weighted by Crippen LogP contribution is -2.33. The molecular weight excluding hydrogens is 244 g/mol. The molecule has 1 heterocycles. The summed E-state index contributed by atoms with van der Waals surface area (Å²) in [5.41, 5.74) is -1.15. The van der Waals surface area contributed by atoms with E-state index in [0.717, 1.165) is 0 Å². The van der Waals surface area contributed by atoms with Gasteiger partial charge in [-0.15, -0.1) is 11.6 Å². The molecule has 0 saturated carbocycles. The van der Waals surface area contributed by atoms with Crippen LogP contribution in [0.3, 0.4) is 0 Å². The number of alkyl halides is 1. The molecule has 0 spiro atoms. The van der Waals surface area contributed by atoms with E-state index in [1.54, 1.807) is 18.2 Å². The van der Waals surface area contributed by atoms with Gasteiger partial charge in [-0.3, -0.25) is 4.79 Å². The zero-order chi connectivity index (χ0) is 12.5. The van der Waals surface area contributed by atoms with Gasteiger partial charge in [0.2, 0.25) is 0 Å². The summed E-state index contributed by atoms with van der Waals surface area (Å²) >= 11 is 5.46. The zero-order valence-corrected chi connectivity index (χ0v) is 10.2.